The van der Waals surface area contributed by atoms with E-state index in [0.717, 1.165) is 21.2 Å². The van der Waals surface area contributed by atoms with Crippen LogP contribution in [0.5, 0.6) is 0 Å². The van der Waals surface area contributed by atoms with Crippen LogP contribution < -0.4 is 5.32 Å². The molecule has 3 nitrogen and oxygen atoms in total. The Hall–Kier alpha value is -2.17. The molecule has 0 bridgehead atoms. The third-order valence-corrected chi connectivity index (χ3v) is 4.59. The van der Waals surface area contributed by atoms with Gasteiger partial charge < -0.3 is 10.4 Å². The van der Waals surface area contributed by atoms with Crippen LogP contribution in [0.2, 0.25) is 0 Å². The molecule has 3 aromatic rings. The minimum atomic E-state index is -0.704. The lowest BCUT2D eigenvalue weighted by molar-refractivity contribution is 0.0917. The van der Waals surface area contributed by atoms with E-state index in [0.29, 0.717) is 5.56 Å². The molecule has 0 aliphatic carbocycles. The molecule has 0 radical (unpaired) electrons. The molecule has 1 heterocycles. The number of hydrogen-bond donors (Lipinski definition) is 2. The van der Waals surface area contributed by atoms with Crippen LogP contribution in [0.1, 0.15) is 27.6 Å². The SMILES string of the molecule is Cc1cccc(C(=O)NCC(O)c2csc3ccccc23)c1. The molecule has 2 N–H and O–H groups in total. The summed E-state index contributed by atoms with van der Waals surface area (Å²) >= 11 is 1.60. The summed E-state index contributed by atoms with van der Waals surface area (Å²) in [6.45, 7) is 2.15. The van der Waals surface area contributed by atoms with Crippen LogP contribution in [0.4, 0.5) is 0 Å². The molecule has 1 atom stereocenters. The fraction of sp³-hybridized carbons (Fsp3) is 0.167. The topological polar surface area (TPSA) is 49.3 Å². The molecule has 2 aromatic carbocycles. The molecule has 112 valence electrons. The Morgan fingerprint density at radius 3 is 2.86 bits per heavy atom. The Balaban J connectivity index is 1.70. The summed E-state index contributed by atoms with van der Waals surface area (Å²) in [4.78, 5) is 12.1. The average molecular weight is 311 g/mol. The minimum Gasteiger partial charge on any atom is -0.387 e. The third-order valence-electron chi connectivity index (χ3n) is 3.61. The number of aliphatic hydroxyl groups excluding tert-OH is 1. The number of aliphatic hydroxyl groups is 1. The summed E-state index contributed by atoms with van der Waals surface area (Å²) in [6, 6.07) is 15.4. The second kappa shape index (κ2) is 6.30. The summed E-state index contributed by atoms with van der Waals surface area (Å²) in [6.07, 6.45) is -0.704. The first-order chi connectivity index (χ1) is 10.6. The highest BCUT2D eigenvalue weighted by Gasteiger charge is 2.14. The quantitative estimate of drug-likeness (QED) is 0.772. The maximum absolute atomic E-state index is 12.1. The number of rotatable bonds is 4. The second-order valence-corrected chi connectivity index (χ2v) is 6.19. The van der Waals surface area contributed by atoms with Gasteiger partial charge in [-0.15, -0.1) is 11.3 Å². The number of nitrogens with one attached hydrogen (secondary N) is 1. The van der Waals surface area contributed by atoms with Crippen molar-refractivity contribution in [3.05, 3.63) is 70.6 Å². The molecule has 0 aliphatic heterocycles. The van der Waals surface area contributed by atoms with E-state index in [4.69, 9.17) is 0 Å². The molecule has 1 aromatic heterocycles. The highest BCUT2D eigenvalue weighted by Crippen LogP contribution is 2.29. The van der Waals surface area contributed by atoms with E-state index in [1.165, 1.54) is 0 Å². The van der Waals surface area contributed by atoms with Crippen molar-refractivity contribution in [1.82, 2.24) is 5.32 Å². The largest absolute Gasteiger partial charge is 0.387 e. The number of thiophene rings is 1. The van der Waals surface area contributed by atoms with E-state index >= 15 is 0 Å². The van der Waals surface area contributed by atoms with Crippen molar-refractivity contribution in [3.63, 3.8) is 0 Å². The molecule has 0 fully saturated rings. The van der Waals surface area contributed by atoms with Crippen LogP contribution >= 0.6 is 11.3 Å². The van der Waals surface area contributed by atoms with Crippen molar-refractivity contribution in [3.8, 4) is 0 Å². The van der Waals surface area contributed by atoms with Gasteiger partial charge in [-0.3, -0.25) is 4.79 Å². The van der Waals surface area contributed by atoms with Gasteiger partial charge in [0.15, 0.2) is 0 Å². The van der Waals surface area contributed by atoms with E-state index in [-0.39, 0.29) is 12.5 Å². The van der Waals surface area contributed by atoms with Gasteiger partial charge in [0.2, 0.25) is 0 Å². The van der Waals surface area contributed by atoms with Gasteiger partial charge in [0.05, 0.1) is 6.10 Å². The van der Waals surface area contributed by atoms with Gasteiger partial charge >= 0.3 is 0 Å². The van der Waals surface area contributed by atoms with Crippen molar-refractivity contribution in [2.24, 2.45) is 0 Å². The Morgan fingerprint density at radius 2 is 2.05 bits per heavy atom. The average Bonchev–Trinajstić information content (AvgIpc) is 2.96. The van der Waals surface area contributed by atoms with Crippen molar-refractivity contribution >= 4 is 27.3 Å². The summed E-state index contributed by atoms with van der Waals surface area (Å²) in [5.74, 6) is -0.165. The van der Waals surface area contributed by atoms with E-state index in [2.05, 4.69) is 5.32 Å². The summed E-state index contributed by atoms with van der Waals surface area (Å²) in [7, 11) is 0. The molecule has 1 amide bonds. The Bertz CT molecular complexity index is 809. The van der Waals surface area contributed by atoms with Gasteiger partial charge in [0, 0.05) is 22.4 Å². The summed E-state index contributed by atoms with van der Waals surface area (Å²) < 4.78 is 1.14. The van der Waals surface area contributed by atoms with E-state index in [9.17, 15) is 9.90 Å². The zero-order valence-corrected chi connectivity index (χ0v) is 13.1. The molecule has 0 spiro atoms. The predicted octanol–water partition coefficient (Wildman–Crippen LogP) is 3.67. The first-order valence-electron chi connectivity index (χ1n) is 7.14. The molecule has 4 heteroatoms. The lowest BCUT2D eigenvalue weighted by Gasteiger charge is -2.12. The van der Waals surface area contributed by atoms with Gasteiger partial charge in [-0.2, -0.15) is 0 Å². The molecule has 0 saturated heterocycles. The third kappa shape index (κ3) is 3.03. The number of aryl methyl sites for hydroxylation is 1. The van der Waals surface area contributed by atoms with Gasteiger partial charge in [0.25, 0.3) is 5.91 Å². The second-order valence-electron chi connectivity index (χ2n) is 5.28. The Labute approximate surface area is 133 Å². The maximum Gasteiger partial charge on any atom is 0.251 e. The van der Waals surface area contributed by atoms with Crippen LogP contribution in [0.3, 0.4) is 0 Å². The van der Waals surface area contributed by atoms with Gasteiger partial charge in [-0.1, -0.05) is 35.9 Å². The van der Waals surface area contributed by atoms with E-state index in [1.807, 2.05) is 54.8 Å². The fourth-order valence-electron chi connectivity index (χ4n) is 2.44. The van der Waals surface area contributed by atoms with Crippen LogP contribution in [0.15, 0.2) is 53.9 Å². The standard InChI is InChI=1S/C18H17NO2S/c1-12-5-4-6-13(9-12)18(21)19-10-16(20)15-11-22-17-8-3-2-7-14(15)17/h2-9,11,16,20H,10H2,1H3,(H,19,21). The molecular weight excluding hydrogens is 294 g/mol. The lowest BCUT2D eigenvalue weighted by Crippen LogP contribution is -2.28. The van der Waals surface area contributed by atoms with E-state index < -0.39 is 6.10 Å². The highest BCUT2D eigenvalue weighted by atomic mass is 32.1. The Morgan fingerprint density at radius 1 is 1.23 bits per heavy atom. The lowest BCUT2D eigenvalue weighted by atomic mass is 10.1. The van der Waals surface area contributed by atoms with Crippen LogP contribution in [0, 0.1) is 6.92 Å². The summed E-state index contributed by atoms with van der Waals surface area (Å²) in [5, 5.41) is 16.1. The monoisotopic (exact) mass is 311 g/mol. The molecule has 3 rings (SSSR count). The van der Waals surface area contributed by atoms with Gasteiger partial charge in [-0.05, 0) is 35.9 Å². The van der Waals surface area contributed by atoms with Gasteiger partial charge in [-0.25, -0.2) is 0 Å². The smallest absolute Gasteiger partial charge is 0.251 e. The number of carbonyl (C=O) groups excluding carboxylic acids is 1. The minimum absolute atomic E-state index is 0.165. The van der Waals surface area contributed by atoms with Crippen molar-refractivity contribution < 1.29 is 9.90 Å². The normalized spacial score (nSPS) is 12.3. The molecule has 1 unspecified atom stereocenters. The number of amides is 1. The molecule has 22 heavy (non-hydrogen) atoms. The molecule has 0 saturated carbocycles. The molecular formula is C18H17NO2S. The van der Waals surface area contributed by atoms with E-state index in [1.54, 1.807) is 17.4 Å². The number of carbonyl (C=O) groups is 1. The van der Waals surface area contributed by atoms with Crippen molar-refractivity contribution in [1.29, 1.82) is 0 Å². The van der Waals surface area contributed by atoms with Crippen molar-refractivity contribution in [2.75, 3.05) is 6.54 Å². The van der Waals surface area contributed by atoms with Crippen LogP contribution in [-0.2, 0) is 0 Å². The number of benzene rings is 2. The predicted molar refractivity (Wildman–Crippen MR) is 90.3 cm³/mol. The summed E-state index contributed by atoms with van der Waals surface area (Å²) in [5.41, 5.74) is 2.52. The zero-order chi connectivity index (χ0) is 15.5. The van der Waals surface area contributed by atoms with Crippen molar-refractivity contribution in [2.45, 2.75) is 13.0 Å². The Kier molecular flexibility index (Phi) is 4.22. The van der Waals surface area contributed by atoms with Crippen LogP contribution in [0.25, 0.3) is 10.1 Å². The first kappa shape index (κ1) is 14.8. The molecule has 0 aliphatic rings. The van der Waals surface area contributed by atoms with Gasteiger partial charge in [0.1, 0.15) is 0 Å². The number of hydrogen-bond acceptors (Lipinski definition) is 3. The maximum atomic E-state index is 12.1. The zero-order valence-electron chi connectivity index (χ0n) is 12.2. The first-order valence-corrected chi connectivity index (χ1v) is 8.02. The highest BCUT2D eigenvalue weighted by molar-refractivity contribution is 7.17. The van der Waals surface area contributed by atoms with Crippen LogP contribution in [-0.4, -0.2) is 17.6 Å². The fourth-order valence-corrected chi connectivity index (χ4v) is 3.45. The number of fused-ring (bicyclic) bond motifs is 1.